The summed E-state index contributed by atoms with van der Waals surface area (Å²) in [6, 6.07) is 0. The molecule has 0 aliphatic carbocycles. The van der Waals surface area contributed by atoms with E-state index >= 15 is 0 Å². The second kappa shape index (κ2) is 3.32. The van der Waals surface area contributed by atoms with E-state index in [4.69, 9.17) is 40.0 Å². The Kier molecular flexibility index (Phi) is 3.36. The summed E-state index contributed by atoms with van der Waals surface area (Å²) >= 11 is 0. The first kappa shape index (κ1) is 14.1. The Morgan fingerprint density at radius 3 is 0.857 bits per heavy atom. The van der Waals surface area contributed by atoms with E-state index in [0.717, 1.165) is 0 Å². The summed E-state index contributed by atoms with van der Waals surface area (Å²) in [6.07, 6.45) is 0. The first-order valence-corrected chi connectivity index (χ1v) is 5.98. The van der Waals surface area contributed by atoms with E-state index in [9.17, 15) is 9.13 Å². The second-order valence-corrected chi connectivity index (χ2v) is 5.78. The van der Waals surface area contributed by atoms with Gasteiger partial charge in [-0.15, -0.1) is 0 Å². The van der Waals surface area contributed by atoms with E-state index in [1.807, 2.05) is 0 Å². The smallest absolute Gasteiger partial charge is 0.351 e. The van der Waals surface area contributed by atoms with E-state index in [1.54, 1.807) is 0 Å². The van der Waals surface area contributed by atoms with Crippen LogP contribution in [-0.4, -0.2) is 51.1 Å². The molecule has 8 N–H and O–H groups in total. The van der Waals surface area contributed by atoms with Crippen LogP contribution in [0.15, 0.2) is 0 Å². The fourth-order valence-electron chi connectivity index (χ4n) is 0.391. The summed E-state index contributed by atoms with van der Waals surface area (Å²) in [7, 11) is -11.9. The minimum atomic E-state index is -5.97. The predicted molar refractivity (Wildman–Crippen MR) is 38.4 cm³/mol. The van der Waals surface area contributed by atoms with Crippen LogP contribution in [0, 0.1) is 0 Å². The predicted octanol–water partition coefficient (Wildman–Crippen LogP) is -3.38. The largest absolute Gasteiger partial charge is 0.391 e. The lowest BCUT2D eigenvalue weighted by atomic mass is 10.6. The molecule has 0 fully saturated rings. The van der Waals surface area contributed by atoms with Crippen LogP contribution >= 0.6 is 15.2 Å². The molecular weight excluding hydrogens is 246 g/mol. The van der Waals surface area contributed by atoms with Crippen molar-refractivity contribution in [3.05, 3.63) is 0 Å². The summed E-state index contributed by atoms with van der Waals surface area (Å²) in [5.41, 5.74) is -9.34. The van der Waals surface area contributed by atoms with Gasteiger partial charge in [-0.1, -0.05) is 0 Å². The lowest BCUT2D eigenvalue weighted by Gasteiger charge is -2.34. The average molecular weight is 254 g/mol. The van der Waals surface area contributed by atoms with Crippen molar-refractivity contribution in [2.75, 3.05) is 0 Å². The number of aliphatic hydroxyl groups is 4. The minimum Gasteiger partial charge on any atom is -0.351 e. The summed E-state index contributed by atoms with van der Waals surface area (Å²) in [4.78, 5) is 32.8. The third kappa shape index (κ3) is 2.05. The molecule has 14 heavy (non-hydrogen) atoms. The van der Waals surface area contributed by atoms with Crippen molar-refractivity contribution in [3.63, 3.8) is 0 Å². The van der Waals surface area contributed by atoms with E-state index in [-0.39, 0.29) is 0 Å². The normalized spacial score (nSPS) is 15.7. The summed E-state index contributed by atoms with van der Waals surface area (Å²) in [5, 5.41) is 34.1. The van der Waals surface area contributed by atoms with Gasteiger partial charge in [-0.3, -0.25) is 9.13 Å². The molecule has 86 valence electrons. The number of hydrogen-bond acceptors (Lipinski definition) is 6. The molecule has 0 aromatic carbocycles. The van der Waals surface area contributed by atoms with Crippen LogP contribution in [0.3, 0.4) is 0 Å². The molecule has 0 heterocycles. The van der Waals surface area contributed by atoms with Crippen LogP contribution in [0.1, 0.15) is 0 Å². The number of rotatable bonds is 3. The first-order valence-electron chi connectivity index (χ1n) is 2.76. The van der Waals surface area contributed by atoms with Gasteiger partial charge in [0.25, 0.3) is 0 Å². The number of hydrogen-bond donors (Lipinski definition) is 8. The molecule has 0 saturated heterocycles. The molecule has 0 spiro atoms. The van der Waals surface area contributed by atoms with E-state index < -0.39 is 26.2 Å². The van der Waals surface area contributed by atoms with Gasteiger partial charge >= 0.3 is 26.2 Å². The topological polar surface area (TPSA) is 196 Å². The molecule has 0 aliphatic rings. The zero-order valence-corrected chi connectivity index (χ0v) is 8.08. The Labute approximate surface area is 76.4 Å². The van der Waals surface area contributed by atoms with Gasteiger partial charge in [0.15, 0.2) is 0 Å². The molecule has 0 aromatic heterocycles. The Balaban J connectivity index is 5.54. The summed E-state index contributed by atoms with van der Waals surface area (Å²) < 4.78 is 20.6. The molecule has 0 saturated carbocycles. The van der Waals surface area contributed by atoms with Crippen LogP contribution in [0.25, 0.3) is 0 Å². The molecule has 12 heteroatoms. The highest BCUT2D eigenvalue weighted by Gasteiger charge is 2.69. The van der Waals surface area contributed by atoms with Gasteiger partial charge in [-0.2, -0.15) is 0 Å². The molecule has 0 atom stereocenters. The highest BCUT2D eigenvalue weighted by Crippen LogP contribution is 2.62. The Morgan fingerprint density at radius 1 is 0.643 bits per heavy atom. The highest BCUT2D eigenvalue weighted by molar-refractivity contribution is 7.57. The van der Waals surface area contributed by atoms with E-state index in [2.05, 4.69) is 0 Å². The summed E-state index contributed by atoms with van der Waals surface area (Å²) in [6.45, 7) is 0. The molecule has 0 radical (unpaired) electrons. The fraction of sp³-hybridized carbons (Fsp3) is 1.00. The second-order valence-electron chi connectivity index (χ2n) is 2.36. The van der Waals surface area contributed by atoms with Gasteiger partial charge in [0.2, 0.25) is 0 Å². The van der Waals surface area contributed by atoms with Crippen LogP contribution in [0.2, 0.25) is 0 Å². The molecular formula is C2H8O10P2. The third-order valence-electron chi connectivity index (χ3n) is 1.26. The van der Waals surface area contributed by atoms with Gasteiger partial charge in [-0.25, -0.2) is 0 Å². The van der Waals surface area contributed by atoms with Crippen LogP contribution in [0.4, 0.5) is 0 Å². The van der Waals surface area contributed by atoms with Gasteiger partial charge in [0.1, 0.15) is 0 Å². The zero-order valence-electron chi connectivity index (χ0n) is 6.29. The van der Waals surface area contributed by atoms with Crippen molar-refractivity contribution in [1.29, 1.82) is 0 Å². The quantitative estimate of drug-likeness (QED) is 0.186. The van der Waals surface area contributed by atoms with Gasteiger partial charge in [-0.05, 0) is 0 Å². The zero-order chi connectivity index (χ0) is 12.0. The van der Waals surface area contributed by atoms with Crippen molar-refractivity contribution >= 4 is 15.2 Å². The molecule has 0 bridgehead atoms. The maximum absolute atomic E-state index is 10.3. The fourth-order valence-corrected chi connectivity index (χ4v) is 1.95. The summed E-state index contributed by atoms with van der Waals surface area (Å²) in [5.74, 6) is 0. The Hall–Kier alpha value is 0.140. The molecule has 0 rings (SSSR count). The SMILES string of the molecule is O=P(O)(O)C(O)(O)C(O)(O)P(=O)(O)O. The molecule has 0 aliphatic heterocycles. The average Bonchev–Trinajstić information content (AvgIpc) is 1.81. The molecule has 10 nitrogen and oxygen atoms in total. The van der Waals surface area contributed by atoms with Gasteiger partial charge < -0.3 is 40.0 Å². The lowest BCUT2D eigenvalue weighted by molar-refractivity contribution is -0.281. The van der Waals surface area contributed by atoms with Crippen molar-refractivity contribution in [3.8, 4) is 0 Å². The Bertz CT molecular complexity index is 272. The first-order chi connectivity index (χ1) is 5.75. The van der Waals surface area contributed by atoms with Crippen LogP contribution in [0.5, 0.6) is 0 Å². The van der Waals surface area contributed by atoms with Gasteiger partial charge in [0.05, 0.1) is 0 Å². The van der Waals surface area contributed by atoms with Crippen molar-refractivity contribution in [2.45, 2.75) is 11.1 Å². The van der Waals surface area contributed by atoms with Gasteiger partial charge in [0, 0.05) is 0 Å². The highest BCUT2D eigenvalue weighted by atomic mass is 31.2. The van der Waals surface area contributed by atoms with E-state index in [0.29, 0.717) is 0 Å². The maximum atomic E-state index is 10.3. The monoisotopic (exact) mass is 254 g/mol. The molecule has 0 amide bonds. The minimum absolute atomic E-state index is 4.67. The molecule has 0 unspecified atom stereocenters. The lowest BCUT2D eigenvalue weighted by Crippen LogP contribution is -2.53. The molecule has 0 aromatic rings. The van der Waals surface area contributed by atoms with Crippen LogP contribution in [-0.2, 0) is 9.13 Å². The van der Waals surface area contributed by atoms with Crippen molar-refractivity contribution < 1.29 is 49.1 Å². The standard InChI is InChI=1S/C2H8O10P2/c3-1(4,13(7,8)9)2(5,6)14(10,11)12/h3-6H,(H2,7,8,9)(H2,10,11,12). The van der Waals surface area contributed by atoms with Crippen molar-refractivity contribution in [1.82, 2.24) is 0 Å². The Morgan fingerprint density at radius 2 is 0.786 bits per heavy atom. The maximum Gasteiger partial charge on any atom is 0.391 e. The third-order valence-corrected chi connectivity index (χ3v) is 3.69. The van der Waals surface area contributed by atoms with Crippen molar-refractivity contribution in [2.24, 2.45) is 0 Å². The van der Waals surface area contributed by atoms with E-state index in [1.165, 1.54) is 0 Å². The van der Waals surface area contributed by atoms with Crippen LogP contribution < -0.4 is 0 Å².